The maximum Gasteiger partial charge on any atom is 0.259 e. The highest BCUT2D eigenvalue weighted by Gasteiger charge is 2.35. The highest BCUT2D eigenvalue weighted by molar-refractivity contribution is 6.07. The molecule has 0 spiro atoms. The number of carbonyl (C=O) groups is 2. The first-order chi connectivity index (χ1) is 14.1. The van der Waals surface area contributed by atoms with Crippen LogP contribution in [-0.2, 0) is 4.79 Å². The Morgan fingerprint density at radius 3 is 2.69 bits per heavy atom. The quantitative estimate of drug-likeness (QED) is 0.730. The third-order valence-corrected chi connectivity index (χ3v) is 5.70. The lowest BCUT2D eigenvalue weighted by molar-refractivity contribution is -0.133. The number of hydrogen-bond donors (Lipinski definition) is 1. The minimum absolute atomic E-state index is 0.0289. The summed E-state index contributed by atoms with van der Waals surface area (Å²) in [6.07, 6.45) is 5.11. The molecule has 0 aromatic carbocycles. The van der Waals surface area contributed by atoms with Crippen LogP contribution < -0.4 is 5.32 Å². The summed E-state index contributed by atoms with van der Waals surface area (Å²) >= 11 is 0. The van der Waals surface area contributed by atoms with E-state index in [9.17, 15) is 9.59 Å². The molecule has 29 heavy (non-hydrogen) atoms. The van der Waals surface area contributed by atoms with Crippen molar-refractivity contribution in [2.45, 2.75) is 38.6 Å². The number of amides is 2. The summed E-state index contributed by atoms with van der Waals surface area (Å²) in [6, 6.07) is 5.29. The Morgan fingerprint density at radius 1 is 1.21 bits per heavy atom. The average Bonchev–Trinajstić information content (AvgIpc) is 3.30. The summed E-state index contributed by atoms with van der Waals surface area (Å²) in [5, 5.41) is 7.69. The van der Waals surface area contributed by atoms with Gasteiger partial charge in [-0.15, -0.1) is 0 Å². The van der Waals surface area contributed by atoms with Crippen molar-refractivity contribution in [1.82, 2.24) is 20.4 Å². The topological polar surface area (TPSA) is 101 Å². The number of aryl methyl sites for hydroxylation is 1. The normalized spacial score (nSPS) is 17.6. The Morgan fingerprint density at radius 2 is 2.00 bits per heavy atom. The van der Waals surface area contributed by atoms with Crippen molar-refractivity contribution < 1.29 is 18.5 Å². The predicted molar refractivity (Wildman–Crippen MR) is 104 cm³/mol. The van der Waals surface area contributed by atoms with Gasteiger partial charge in [0.25, 0.3) is 11.6 Å². The Labute approximate surface area is 167 Å². The highest BCUT2D eigenvalue weighted by atomic mass is 16.5. The van der Waals surface area contributed by atoms with Crippen molar-refractivity contribution in [3.05, 3.63) is 35.7 Å². The summed E-state index contributed by atoms with van der Waals surface area (Å²) in [5.41, 5.74) is 1.92. The molecule has 1 saturated carbocycles. The van der Waals surface area contributed by atoms with Crippen molar-refractivity contribution >= 4 is 22.9 Å². The third kappa shape index (κ3) is 3.39. The van der Waals surface area contributed by atoms with Crippen LogP contribution in [0.2, 0.25) is 0 Å². The zero-order valence-electron chi connectivity index (χ0n) is 16.2. The molecule has 0 atom stereocenters. The van der Waals surface area contributed by atoms with Crippen LogP contribution in [0.3, 0.4) is 0 Å². The number of aromatic nitrogens is 2. The molecule has 0 unspecified atom stereocenters. The molecule has 3 aromatic heterocycles. The van der Waals surface area contributed by atoms with Crippen LogP contribution in [0.1, 0.15) is 41.7 Å². The molecule has 0 bridgehead atoms. The van der Waals surface area contributed by atoms with Crippen molar-refractivity contribution in [2.24, 2.45) is 5.92 Å². The van der Waals surface area contributed by atoms with E-state index in [0.29, 0.717) is 46.9 Å². The van der Waals surface area contributed by atoms with E-state index in [0.717, 1.165) is 25.7 Å². The standard InChI is InChI=1S/C21H22N4O4/c1-12-18-15(11-16(17-3-2-10-28-17)23-20(18)29-24-12)19(26)22-14-6-8-25(9-7-14)21(27)13-4-5-13/h2-3,10-11,13-14H,4-9H2,1H3,(H,22,26). The van der Waals surface area contributed by atoms with Gasteiger partial charge in [-0.05, 0) is 50.8 Å². The predicted octanol–water partition coefficient (Wildman–Crippen LogP) is 2.92. The van der Waals surface area contributed by atoms with Crippen molar-refractivity contribution in [3.8, 4) is 11.5 Å². The van der Waals surface area contributed by atoms with Gasteiger partial charge in [0.2, 0.25) is 5.91 Å². The lowest BCUT2D eigenvalue weighted by atomic mass is 10.0. The van der Waals surface area contributed by atoms with Gasteiger partial charge in [-0.25, -0.2) is 4.98 Å². The van der Waals surface area contributed by atoms with Crippen molar-refractivity contribution in [3.63, 3.8) is 0 Å². The summed E-state index contributed by atoms with van der Waals surface area (Å²) in [4.78, 5) is 31.7. The number of rotatable bonds is 4. The minimum atomic E-state index is -0.191. The van der Waals surface area contributed by atoms with E-state index in [1.54, 1.807) is 31.4 Å². The minimum Gasteiger partial charge on any atom is -0.463 e. The number of hydrogen-bond acceptors (Lipinski definition) is 6. The van der Waals surface area contributed by atoms with Crippen molar-refractivity contribution in [1.29, 1.82) is 0 Å². The van der Waals surface area contributed by atoms with Gasteiger partial charge in [-0.3, -0.25) is 9.59 Å². The lowest BCUT2D eigenvalue weighted by Crippen LogP contribution is -2.47. The Balaban J connectivity index is 1.35. The number of nitrogens with zero attached hydrogens (tertiary/aromatic N) is 3. The molecular weight excluding hydrogens is 372 g/mol. The SMILES string of the molecule is Cc1noc2nc(-c3ccco3)cc(C(=O)NC3CCN(C(=O)C4CC4)CC3)c12. The van der Waals surface area contributed by atoms with Gasteiger partial charge in [0.15, 0.2) is 5.76 Å². The van der Waals surface area contributed by atoms with Gasteiger partial charge in [0, 0.05) is 25.0 Å². The monoisotopic (exact) mass is 394 g/mol. The molecule has 2 aliphatic rings. The van der Waals surface area contributed by atoms with Crippen LogP contribution in [0.15, 0.2) is 33.4 Å². The van der Waals surface area contributed by atoms with E-state index in [-0.39, 0.29) is 23.8 Å². The molecule has 8 nitrogen and oxygen atoms in total. The van der Waals surface area contributed by atoms with Gasteiger partial charge in [-0.1, -0.05) is 5.16 Å². The van der Waals surface area contributed by atoms with E-state index >= 15 is 0 Å². The fourth-order valence-corrected chi connectivity index (χ4v) is 3.92. The second-order valence-corrected chi connectivity index (χ2v) is 7.83. The van der Waals surface area contributed by atoms with E-state index in [1.165, 1.54) is 0 Å². The first-order valence-corrected chi connectivity index (χ1v) is 10.0. The number of piperidine rings is 1. The largest absolute Gasteiger partial charge is 0.463 e. The van der Waals surface area contributed by atoms with Gasteiger partial charge in [0.1, 0.15) is 5.69 Å². The molecule has 1 saturated heterocycles. The fourth-order valence-electron chi connectivity index (χ4n) is 3.92. The van der Waals surface area contributed by atoms with Crippen LogP contribution in [0.25, 0.3) is 22.6 Å². The second kappa shape index (κ2) is 7.02. The first-order valence-electron chi connectivity index (χ1n) is 10.0. The molecule has 1 aliphatic heterocycles. The number of nitrogens with one attached hydrogen (secondary N) is 1. The highest BCUT2D eigenvalue weighted by Crippen LogP contribution is 2.32. The number of likely N-dealkylation sites (tertiary alicyclic amines) is 1. The third-order valence-electron chi connectivity index (χ3n) is 5.70. The molecule has 1 aliphatic carbocycles. The van der Waals surface area contributed by atoms with Crippen LogP contribution in [0, 0.1) is 12.8 Å². The van der Waals surface area contributed by atoms with Gasteiger partial charge >= 0.3 is 0 Å². The number of fused-ring (bicyclic) bond motifs is 1. The number of furan rings is 1. The second-order valence-electron chi connectivity index (χ2n) is 7.83. The van der Waals surface area contributed by atoms with Crippen LogP contribution in [-0.4, -0.2) is 46.0 Å². The zero-order valence-corrected chi connectivity index (χ0v) is 16.2. The zero-order chi connectivity index (χ0) is 20.0. The molecule has 3 aromatic rings. The lowest BCUT2D eigenvalue weighted by Gasteiger charge is -2.32. The average molecular weight is 394 g/mol. The Kier molecular flexibility index (Phi) is 4.34. The van der Waals surface area contributed by atoms with Crippen LogP contribution in [0.4, 0.5) is 0 Å². The molecule has 2 amide bonds. The van der Waals surface area contributed by atoms with Crippen molar-refractivity contribution in [2.75, 3.05) is 13.1 Å². The molecule has 0 radical (unpaired) electrons. The molecule has 5 rings (SSSR count). The Bertz CT molecular complexity index is 1060. The first kappa shape index (κ1) is 17.9. The smallest absolute Gasteiger partial charge is 0.259 e. The van der Waals surface area contributed by atoms with Crippen LogP contribution in [0.5, 0.6) is 0 Å². The number of carbonyl (C=O) groups excluding carboxylic acids is 2. The molecule has 8 heteroatoms. The maximum absolute atomic E-state index is 13.1. The summed E-state index contributed by atoms with van der Waals surface area (Å²) in [6.45, 7) is 3.17. The summed E-state index contributed by atoms with van der Waals surface area (Å²) < 4.78 is 10.7. The summed E-state index contributed by atoms with van der Waals surface area (Å²) in [7, 11) is 0. The van der Waals surface area contributed by atoms with E-state index in [2.05, 4.69) is 15.5 Å². The molecule has 1 N–H and O–H groups in total. The van der Waals surface area contributed by atoms with Gasteiger partial charge < -0.3 is 19.2 Å². The molecular formula is C21H22N4O4. The van der Waals surface area contributed by atoms with E-state index < -0.39 is 0 Å². The fraction of sp³-hybridized carbons (Fsp3) is 0.429. The maximum atomic E-state index is 13.1. The van der Waals surface area contributed by atoms with E-state index in [4.69, 9.17) is 8.94 Å². The van der Waals surface area contributed by atoms with Crippen LogP contribution >= 0.6 is 0 Å². The molecule has 4 heterocycles. The Hall–Kier alpha value is -3.16. The molecule has 150 valence electrons. The van der Waals surface area contributed by atoms with Gasteiger partial charge in [-0.2, -0.15) is 0 Å². The number of pyridine rings is 1. The summed E-state index contributed by atoms with van der Waals surface area (Å²) in [5.74, 6) is 0.877. The van der Waals surface area contributed by atoms with E-state index in [1.807, 2.05) is 4.90 Å². The van der Waals surface area contributed by atoms with Gasteiger partial charge in [0.05, 0.1) is 22.9 Å². The molecule has 2 fully saturated rings.